The standard InChI is InChI=1S/C11H17N3O2S/c1-2-6-13-7-5-8(12)11(13)9-3-4-10(17-9)14(15)16/h3-4,8,11H,2,5-7,12H2,1H3. The molecule has 1 aromatic rings. The molecule has 0 radical (unpaired) electrons. The lowest BCUT2D eigenvalue weighted by atomic mass is 10.1. The van der Waals surface area contributed by atoms with Gasteiger partial charge in [0.1, 0.15) is 0 Å². The van der Waals surface area contributed by atoms with E-state index in [2.05, 4.69) is 11.8 Å². The van der Waals surface area contributed by atoms with Crippen molar-refractivity contribution in [3.63, 3.8) is 0 Å². The monoisotopic (exact) mass is 255 g/mol. The fourth-order valence-electron chi connectivity index (χ4n) is 2.41. The van der Waals surface area contributed by atoms with Crippen LogP contribution in [-0.2, 0) is 0 Å². The number of nitrogens with two attached hydrogens (primary N) is 1. The van der Waals surface area contributed by atoms with Crippen molar-refractivity contribution in [1.82, 2.24) is 4.90 Å². The van der Waals surface area contributed by atoms with E-state index >= 15 is 0 Å². The second-order valence-electron chi connectivity index (χ2n) is 4.37. The van der Waals surface area contributed by atoms with Gasteiger partial charge in [0.2, 0.25) is 0 Å². The molecule has 0 saturated carbocycles. The first-order chi connectivity index (χ1) is 8.13. The summed E-state index contributed by atoms with van der Waals surface area (Å²) < 4.78 is 0. The highest BCUT2D eigenvalue weighted by Crippen LogP contribution is 2.37. The van der Waals surface area contributed by atoms with E-state index in [9.17, 15) is 10.1 Å². The molecule has 2 N–H and O–H groups in total. The van der Waals surface area contributed by atoms with Crippen molar-refractivity contribution in [2.24, 2.45) is 5.73 Å². The van der Waals surface area contributed by atoms with Crippen molar-refractivity contribution in [3.8, 4) is 0 Å². The van der Waals surface area contributed by atoms with Crippen molar-refractivity contribution in [3.05, 3.63) is 27.1 Å². The van der Waals surface area contributed by atoms with Crippen LogP contribution in [0.2, 0.25) is 0 Å². The van der Waals surface area contributed by atoms with E-state index in [1.807, 2.05) is 6.07 Å². The van der Waals surface area contributed by atoms with Gasteiger partial charge >= 0.3 is 5.00 Å². The summed E-state index contributed by atoms with van der Waals surface area (Å²) in [6.07, 6.45) is 2.05. The molecule has 17 heavy (non-hydrogen) atoms. The van der Waals surface area contributed by atoms with Crippen molar-refractivity contribution < 1.29 is 4.92 Å². The summed E-state index contributed by atoms with van der Waals surface area (Å²) in [5.41, 5.74) is 6.11. The van der Waals surface area contributed by atoms with Crippen LogP contribution in [0.15, 0.2) is 12.1 Å². The van der Waals surface area contributed by atoms with Crippen molar-refractivity contribution in [2.75, 3.05) is 13.1 Å². The number of nitro groups is 1. The highest BCUT2D eigenvalue weighted by Gasteiger charge is 2.34. The van der Waals surface area contributed by atoms with Gasteiger partial charge in [-0.25, -0.2) is 0 Å². The molecule has 2 heterocycles. The highest BCUT2D eigenvalue weighted by molar-refractivity contribution is 7.15. The Balaban J connectivity index is 2.20. The zero-order chi connectivity index (χ0) is 12.4. The van der Waals surface area contributed by atoms with Crippen LogP contribution in [0.3, 0.4) is 0 Å². The number of likely N-dealkylation sites (tertiary alicyclic amines) is 1. The van der Waals surface area contributed by atoms with Gasteiger partial charge in [-0.1, -0.05) is 18.3 Å². The lowest BCUT2D eigenvalue weighted by Crippen LogP contribution is -2.31. The molecule has 2 rings (SSSR count). The van der Waals surface area contributed by atoms with Crippen LogP contribution >= 0.6 is 11.3 Å². The SMILES string of the molecule is CCCN1CCC(N)C1c1ccc([N+](=O)[O-])s1. The molecule has 2 atom stereocenters. The number of nitrogens with zero attached hydrogens (tertiary/aromatic N) is 2. The number of rotatable bonds is 4. The normalized spacial score (nSPS) is 25.3. The van der Waals surface area contributed by atoms with Crippen LogP contribution in [-0.4, -0.2) is 29.0 Å². The third kappa shape index (κ3) is 2.48. The maximum atomic E-state index is 10.7. The lowest BCUT2D eigenvalue weighted by molar-refractivity contribution is -0.380. The van der Waals surface area contributed by atoms with E-state index in [0.29, 0.717) is 0 Å². The smallest absolute Gasteiger partial charge is 0.324 e. The van der Waals surface area contributed by atoms with Crippen LogP contribution in [0.25, 0.3) is 0 Å². The Hall–Kier alpha value is -0.980. The number of hydrogen-bond donors (Lipinski definition) is 1. The van der Waals surface area contributed by atoms with Gasteiger partial charge in [-0.15, -0.1) is 0 Å². The number of thiophene rings is 1. The maximum Gasteiger partial charge on any atom is 0.324 e. The Bertz CT molecular complexity index is 405. The predicted molar refractivity (Wildman–Crippen MR) is 68.2 cm³/mol. The summed E-state index contributed by atoms with van der Waals surface area (Å²) in [7, 11) is 0. The summed E-state index contributed by atoms with van der Waals surface area (Å²) in [6, 6.07) is 3.68. The molecule has 1 aliphatic heterocycles. The van der Waals surface area contributed by atoms with E-state index in [1.54, 1.807) is 6.07 Å². The molecule has 5 nitrogen and oxygen atoms in total. The summed E-state index contributed by atoms with van der Waals surface area (Å²) in [4.78, 5) is 13.7. The molecule has 0 bridgehead atoms. The third-order valence-corrected chi connectivity index (χ3v) is 4.25. The molecule has 1 aromatic heterocycles. The quantitative estimate of drug-likeness (QED) is 0.661. The van der Waals surface area contributed by atoms with Crippen LogP contribution in [0.1, 0.15) is 30.7 Å². The molecule has 94 valence electrons. The van der Waals surface area contributed by atoms with Crippen LogP contribution in [0.4, 0.5) is 5.00 Å². The average Bonchev–Trinajstić information content (AvgIpc) is 2.86. The zero-order valence-corrected chi connectivity index (χ0v) is 10.7. The third-order valence-electron chi connectivity index (χ3n) is 3.14. The minimum atomic E-state index is -0.335. The van der Waals surface area contributed by atoms with E-state index in [4.69, 9.17) is 5.73 Å². The van der Waals surface area contributed by atoms with Crippen LogP contribution in [0, 0.1) is 10.1 Å². The molecule has 0 spiro atoms. The second-order valence-corrected chi connectivity index (χ2v) is 5.46. The van der Waals surface area contributed by atoms with Gasteiger partial charge in [-0.3, -0.25) is 15.0 Å². The van der Waals surface area contributed by atoms with E-state index < -0.39 is 0 Å². The van der Waals surface area contributed by atoms with Crippen LogP contribution in [0.5, 0.6) is 0 Å². The molecule has 1 aliphatic rings. The minimum Gasteiger partial charge on any atom is -0.326 e. The van der Waals surface area contributed by atoms with Crippen molar-refractivity contribution in [2.45, 2.75) is 31.8 Å². The Morgan fingerprint density at radius 1 is 1.65 bits per heavy atom. The van der Waals surface area contributed by atoms with Crippen molar-refractivity contribution in [1.29, 1.82) is 0 Å². The predicted octanol–water partition coefficient (Wildman–Crippen LogP) is 2.14. The summed E-state index contributed by atoms with van der Waals surface area (Å²) in [6.45, 7) is 4.13. The first kappa shape index (κ1) is 12.5. The first-order valence-corrected chi connectivity index (χ1v) is 6.69. The van der Waals surface area contributed by atoms with E-state index in [-0.39, 0.29) is 22.0 Å². The minimum absolute atomic E-state index is 0.0970. The largest absolute Gasteiger partial charge is 0.326 e. The Morgan fingerprint density at radius 3 is 3.00 bits per heavy atom. The van der Waals surface area contributed by atoms with Crippen molar-refractivity contribution >= 4 is 16.3 Å². The molecular weight excluding hydrogens is 238 g/mol. The molecule has 2 unspecified atom stereocenters. The van der Waals surface area contributed by atoms with Crippen LogP contribution < -0.4 is 5.73 Å². The summed E-state index contributed by atoms with van der Waals surface area (Å²) in [5.74, 6) is 0. The van der Waals surface area contributed by atoms with Gasteiger partial charge in [-0.2, -0.15) is 0 Å². The van der Waals surface area contributed by atoms with Gasteiger partial charge in [0.05, 0.1) is 11.0 Å². The van der Waals surface area contributed by atoms with Gasteiger partial charge in [-0.05, 0) is 25.5 Å². The molecule has 0 aliphatic carbocycles. The highest BCUT2D eigenvalue weighted by atomic mass is 32.1. The first-order valence-electron chi connectivity index (χ1n) is 5.87. The molecule has 0 amide bonds. The molecule has 1 fully saturated rings. The molecule has 0 aromatic carbocycles. The topological polar surface area (TPSA) is 72.4 Å². The summed E-state index contributed by atoms with van der Waals surface area (Å²) >= 11 is 1.25. The second kappa shape index (κ2) is 5.12. The summed E-state index contributed by atoms with van der Waals surface area (Å²) in [5, 5.41) is 10.9. The zero-order valence-electron chi connectivity index (χ0n) is 9.83. The lowest BCUT2D eigenvalue weighted by Gasteiger charge is -2.24. The molecular formula is C11H17N3O2S. The van der Waals surface area contributed by atoms with Gasteiger partial charge in [0, 0.05) is 23.5 Å². The molecule has 6 heteroatoms. The fraction of sp³-hybridized carbons (Fsp3) is 0.636. The maximum absolute atomic E-state index is 10.7. The van der Waals surface area contributed by atoms with Gasteiger partial charge < -0.3 is 5.73 Å². The molecule has 1 saturated heterocycles. The van der Waals surface area contributed by atoms with E-state index in [0.717, 1.165) is 30.8 Å². The Kier molecular flexibility index (Phi) is 3.76. The average molecular weight is 255 g/mol. The Morgan fingerprint density at radius 2 is 2.41 bits per heavy atom. The van der Waals surface area contributed by atoms with Gasteiger partial charge in [0.15, 0.2) is 0 Å². The fourth-order valence-corrected chi connectivity index (χ4v) is 3.44. The van der Waals surface area contributed by atoms with Gasteiger partial charge in [0.25, 0.3) is 0 Å². The Labute approximate surface area is 104 Å². The van der Waals surface area contributed by atoms with E-state index in [1.165, 1.54) is 11.3 Å². The number of hydrogen-bond acceptors (Lipinski definition) is 5.